The SMILES string of the molecule is CN(c1cc(C(F)(F)F)nc2ccc(Cl)cc12)[C@H]1CC[C@@H](NC(=O)C2CCc3nc[nH]c3C2)CC1. The zero-order valence-corrected chi connectivity index (χ0v) is 20.1. The number of aromatic amines is 1. The third-order valence-electron chi connectivity index (χ3n) is 7.37. The Balaban J connectivity index is 1.26. The molecule has 1 fully saturated rings. The first-order valence-corrected chi connectivity index (χ1v) is 12.3. The van der Waals surface area contributed by atoms with Gasteiger partial charge in [0.05, 0.1) is 17.5 Å². The van der Waals surface area contributed by atoms with Gasteiger partial charge >= 0.3 is 6.18 Å². The Labute approximate surface area is 206 Å². The van der Waals surface area contributed by atoms with Crippen LogP contribution in [0.4, 0.5) is 18.9 Å². The number of hydrogen-bond acceptors (Lipinski definition) is 4. The predicted octanol–water partition coefficient (Wildman–Crippen LogP) is 5.30. The Bertz CT molecular complexity index is 1240. The number of nitrogens with zero attached hydrogens (tertiary/aromatic N) is 3. The summed E-state index contributed by atoms with van der Waals surface area (Å²) in [5.74, 6) is 0.0173. The number of amides is 1. The number of anilines is 1. The second-order valence-electron chi connectivity index (χ2n) is 9.58. The molecule has 1 unspecified atom stereocenters. The van der Waals surface area contributed by atoms with Gasteiger partial charge in [0.2, 0.25) is 5.91 Å². The van der Waals surface area contributed by atoms with E-state index in [0.29, 0.717) is 22.5 Å². The average molecular weight is 506 g/mol. The first kappa shape index (κ1) is 23.9. The first-order valence-electron chi connectivity index (χ1n) is 11.9. The molecule has 2 N–H and O–H groups in total. The summed E-state index contributed by atoms with van der Waals surface area (Å²) in [5.41, 5.74) is 1.92. The van der Waals surface area contributed by atoms with Gasteiger partial charge in [0, 0.05) is 53.3 Å². The lowest BCUT2D eigenvalue weighted by Gasteiger charge is -2.37. The van der Waals surface area contributed by atoms with Crippen LogP contribution in [0.1, 0.15) is 49.2 Å². The van der Waals surface area contributed by atoms with Gasteiger partial charge in [0.25, 0.3) is 0 Å². The standard InChI is InChI=1S/C25H27ClF3N5O/c1-34(22-12-23(25(27,28)29)33-19-9-3-15(26)11-18(19)22)17-6-4-16(5-7-17)32-24(35)14-2-8-20-21(10-14)31-13-30-20/h3,9,11-14,16-17H,2,4-8,10H2,1H3,(H,30,31)(H,32,35)/t14?,16-,17+. The molecule has 0 saturated heterocycles. The minimum Gasteiger partial charge on any atom is -0.371 e. The molecule has 6 nitrogen and oxygen atoms in total. The van der Waals surface area contributed by atoms with E-state index in [0.717, 1.165) is 56.0 Å². The molecule has 1 saturated carbocycles. The Hall–Kier alpha value is -2.81. The van der Waals surface area contributed by atoms with E-state index < -0.39 is 11.9 Å². The number of H-pyrrole nitrogens is 1. The van der Waals surface area contributed by atoms with E-state index in [1.807, 2.05) is 11.9 Å². The highest BCUT2D eigenvalue weighted by Crippen LogP contribution is 2.37. The summed E-state index contributed by atoms with van der Waals surface area (Å²) in [5, 5.41) is 4.25. The van der Waals surface area contributed by atoms with Gasteiger partial charge in [-0.3, -0.25) is 4.79 Å². The van der Waals surface area contributed by atoms with E-state index in [1.165, 1.54) is 6.07 Å². The lowest BCUT2D eigenvalue weighted by Crippen LogP contribution is -2.45. The molecule has 35 heavy (non-hydrogen) atoms. The highest BCUT2D eigenvalue weighted by Gasteiger charge is 2.35. The average Bonchev–Trinajstić information content (AvgIpc) is 3.31. The largest absolute Gasteiger partial charge is 0.433 e. The van der Waals surface area contributed by atoms with Gasteiger partial charge in [0.15, 0.2) is 0 Å². The topological polar surface area (TPSA) is 73.9 Å². The highest BCUT2D eigenvalue weighted by atomic mass is 35.5. The number of alkyl halides is 3. The minimum absolute atomic E-state index is 0.0519. The molecule has 0 bridgehead atoms. The van der Waals surface area contributed by atoms with Crippen LogP contribution < -0.4 is 10.2 Å². The lowest BCUT2D eigenvalue weighted by atomic mass is 9.87. The van der Waals surface area contributed by atoms with Crippen molar-refractivity contribution < 1.29 is 18.0 Å². The van der Waals surface area contributed by atoms with Crippen LogP contribution in [0, 0.1) is 5.92 Å². The monoisotopic (exact) mass is 505 g/mol. The van der Waals surface area contributed by atoms with Gasteiger partial charge in [-0.1, -0.05) is 11.6 Å². The van der Waals surface area contributed by atoms with Crippen molar-refractivity contribution >= 4 is 34.1 Å². The third kappa shape index (κ3) is 4.96. The molecule has 186 valence electrons. The van der Waals surface area contributed by atoms with Crippen LogP contribution in [-0.4, -0.2) is 40.0 Å². The second-order valence-corrected chi connectivity index (χ2v) is 10.0. The number of fused-ring (bicyclic) bond motifs is 2. The lowest BCUT2D eigenvalue weighted by molar-refractivity contribution is -0.140. The molecule has 2 aromatic heterocycles. The van der Waals surface area contributed by atoms with Crippen molar-refractivity contribution in [3.8, 4) is 0 Å². The van der Waals surface area contributed by atoms with E-state index in [4.69, 9.17) is 11.6 Å². The fourth-order valence-corrected chi connectivity index (χ4v) is 5.54. The summed E-state index contributed by atoms with van der Waals surface area (Å²) in [7, 11) is 1.82. The predicted molar refractivity (Wildman–Crippen MR) is 128 cm³/mol. The number of carbonyl (C=O) groups is 1. The molecule has 0 radical (unpaired) electrons. The number of pyridine rings is 1. The summed E-state index contributed by atoms with van der Waals surface area (Å²) in [6.07, 6.45) is 2.50. The fourth-order valence-electron chi connectivity index (χ4n) is 5.37. The van der Waals surface area contributed by atoms with E-state index in [2.05, 4.69) is 20.3 Å². The van der Waals surface area contributed by atoms with Crippen molar-refractivity contribution in [2.75, 3.05) is 11.9 Å². The van der Waals surface area contributed by atoms with E-state index in [-0.39, 0.29) is 29.4 Å². The first-order chi connectivity index (χ1) is 16.7. The third-order valence-corrected chi connectivity index (χ3v) is 7.60. The van der Waals surface area contributed by atoms with Crippen molar-refractivity contribution in [2.24, 2.45) is 5.92 Å². The van der Waals surface area contributed by atoms with Crippen molar-refractivity contribution in [1.29, 1.82) is 0 Å². The maximum atomic E-state index is 13.5. The Morgan fingerprint density at radius 2 is 1.94 bits per heavy atom. The molecule has 2 aliphatic carbocycles. The molecule has 10 heteroatoms. The van der Waals surface area contributed by atoms with Gasteiger partial charge < -0.3 is 15.2 Å². The van der Waals surface area contributed by atoms with Gasteiger partial charge in [-0.05, 0) is 62.8 Å². The van der Waals surface area contributed by atoms with Gasteiger partial charge in [-0.2, -0.15) is 13.2 Å². The molecule has 1 amide bonds. The molecule has 1 aromatic carbocycles. The maximum absolute atomic E-state index is 13.5. The number of rotatable bonds is 4. The molecule has 0 spiro atoms. The molecule has 2 aliphatic rings. The van der Waals surface area contributed by atoms with Crippen LogP contribution in [-0.2, 0) is 23.8 Å². The van der Waals surface area contributed by atoms with Gasteiger partial charge in [0.1, 0.15) is 5.69 Å². The quantitative estimate of drug-likeness (QED) is 0.504. The summed E-state index contributed by atoms with van der Waals surface area (Å²) >= 11 is 6.15. The number of halogens is 4. The number of nitrogens with one attached hydrogen (secondary N) is 2. The molecule has 3 aromatic rings. The van der Waals surface area contributed by atoms with Crippen molar-refractivity contribution in [3.05, 3.63) is 52.7 Å². The van der Waals surface area contributed by atoms with E-state index in [9.17, 15) is 18.0 Å². The zero-order valence-electron chi connectivity index (χ0n) is 19.3. The van der Waals surface area contributed by atoms with Crippen LogP contribution in [0.25, 0.3) is 10.9 Å². The molecule has 2 heterocycles. The smallest absolute Gasteiger partial charge is 0.371 e. The number of aryl methyl sites for hydroxylation is 1. The Morgan fingerprint density at radius 1 is 1.17 bits per heavy atom. The number of aromatic nitrogens is 3. The van der Waals surface area contributed by atoms with Crippen LogP contribution in [0.15, 0.2) is 30.6 Å². The number of carbonyl (C=O) groups excluding carboxylic acids is 1. The normalized spacial score (nSPS) is 22.6. The summed E-state index contributed by atoms with van der Waals surface area (Å²) in [4.78, 5) is 26.0. The fraction of sp³-hybridized carbons (Fsp3) is 0.480. The van der Waals surface area contributed by atoms with Crippen molar-refractivity contribution in [2.45, 2.75) is 63.2 Å². The number of imidazole rings is 1. The van der Waals surface area contributed by atoms with Crippen molar-refractivity contribution in [1.82, 2.24) is 20.3 Å². The van der Waals surface area contributed by atoms with Gasteiger partial charge in [-0.25, -0.2) is 9.97 Å². The van der Waals surface area contributed by atoms with Crippen LogP contribution >= 0.6 is 11.6 Å². The van der Waals surface area contributed by atoms with Crippen molar-refractivity contribution in [3.63, 3.8) is 0 Å². The highest BCUT2D eigenvalue weighted by molar-refractivity contribution is 6.31. The summed E-state index contributed by atoms with van der Waals surface area (Å²) in [6, 6.07) is 5.97. The summed E-state index contributed by atoms with van der Waals surface area (Å²) in [6.45, 7) is 0. The van der Waals surface area contributed by atoms with Crippen LogP contribution in [0.3, 0.4) is 0 Å². The molecular formula is C25H27ClF3N5O. The summed E-state index contributed by atoms with van der Waals surface area (Å²) < 4.78 is 40.6. The van der Waals surface area contributed by atoms with Crippen LogP contribution in [0.2, 0.25) is 5.02 Å². The van der Waals surface area contributed by atoms with E-state index >= 15 is 0 Å². The van der Waals surface area contributed by atoms with E-state index in [1.54, 1.807) is 18.5 Å². The molecule has 1 atom stereocenters. The van der Waals surface area contributed by atoms with Gasteiger partial charge in [-0.15, -0.1) is 0 Å². The molecule has 5 rings (SSSR count). The molecule has 0 aliphatic heterocycles. The number of hydrogen-bond donors (Lipinski definition) is 2. The number of benzene rings is 1. The Morgan fingerprint density at radius 3 is 2.69 bits per heavy atom. The minimum atomic E-state index is -4.54. The zero-order chi connectivity index (χ0) is 24.7. The maximum Gasteiger partial charge on any atom is 0.433 e. The van der Waals surface area contributed by atoms with Crippen LogP contribution in [0.5, 0.6) is 0 Å². The molecular weight excluding hydrogens is 479 g/mol. The Kier molecular flexibility index (Phi) is 6.38. The second kappa shape index (κ2) is 9.33.